The smallest absolute Gasteiger partial charge is 0.550 e. The molecule has 1 radical (unpaired) electrons. The maximum absolute atomic E-state index is 12.3. The molecule has 9 aromatic rings. The molecule has 0 saturated carbocycles. The van der Waals surface area contributed by atoms with Crippen molar-refractivity contribution in [2.75, 3.05) is 33.2 Å². The molecule has 0 aliphatic heterocycles. The van der Waals surface area contributed by atoms with Gasteiger partial charge in [0.1, 0.15) is 18.1 Å². The van der Waals surface area contributed by atoms with Gasteiger partial charge in [0.2, 0.25) is 17.8 Å². The summed E-state index contributed by atoms with van der Waals surface area (Å²) in [5.74, 6) is -10.4. The number of aromatic amines is 3. The first-order chi connectivity index (χ1) is 45.7. The number of hydrogen-bond donors (Lipinski definition) is 15. The summed E-state index contributed by atoms with van der Waals surface area (Å²) in [6.07, 6.45) is 1.99. The molecule has 6 heterocycles. The SMILES string of the molecule is Nc1nc2ncc(CNc3ccc(C(=O)NC(CCC(=O)[O-])C(=O)O)cc3)nc2c(=O)[nH]1.Nc1nc2ncc(CNc3ccc(C(=O)NC(CCC(=O)[O-])C(=O)O)cc3)nc2c(=O)[nH]1.Nc1nc2ncc(CNc3ccc(C(=O)NC(CCC(=O)[O-])C(=O)O)cc3)nc2c(=O)[nH]1.[Fe+3]. The molecule has 0 spiro atoms. The monoisotopic (exact) mass is 1380 g/mol. The molecular formula is C57H54FeN21O18. The van der Waals surface area contributed by atoms with E-state index in [-0.39, 0.29) is 124 Å². The van der Waals surface area contributed by atoms with E-state index < -0.39 is 108 Å². The first-order valence-electron chi connectivity index (χ1n) is 27.9. The van der Waals surface area contributed by atoms with Crippen molar-refractivity contribution in [2.24, 2.45) is 0 Å². The number of benzene rings is 3. The van der Waals surface area contributed by atoms with E-state index >= 15 is 0 Å². The van der Waals surface area contributed by atoms with Gasteiger partial charge >= 0.3 is 35.0 Å². The van der Waals surface area contributed by atoms with E-state index in [1.807, 2.05) is 0 Å². The summed E-state index contributed by atoms with van der Waals surface area (Å²) >= 11 is 0. The topological polar surface area (TPSA) is 648 Å². The Morgan fingerprint density at radius 2 is 0.639 bits per heavy atom. The third-order valence-electron chi connectivity index (χ3n) is 13.0. The minimum absolute atomic E-state index is 0. The summed E-state index contributed by atoms with van der Waals surface area (Å²) in [7, 11) is 0. The van der Waals surface area contributed by atoms with Crippen LogP contribution in [0.3, 0.4) is 0 Å². The summed E-state index contributed by atoms with van der Waals surface area (Å²) in [6, 6.07) is 14.3. The molecule has 3 atom stereocenters. The average molecular weight is 1380 g/mol. The van der Waals surface area contributed by atoms with E-state index in [4.69, 9.17) is 32.5 Å². The third-order valence-corrected chi connectivity index (χ3v) is 13.0. The second-order valence-corrected chi connectivity index (χ2v) is 20.1. The average Bonchev–Trinajstić information content (AvgIpc) is 0.854. The Kier molecular flexibility index (Phi) is 25.5. The molecular weight excluding hydrogens is 1320 g/mol. The Balaban J connectivity index is 0.000000229. The molecule has 6 aromatic heterocycles. The molecule has 0 aliphatic carbocycles. The van der Waals surface area contributed by atoms with Crippen LogP contribution in [0.5, 0.6) is 0 Å². The van der Waals surface area contributed by atoms with Gasteiger partial charge in [-0.1, -0.05) is 0 Å². The molecule has 3 unspecified atom stereocenters. The largest absolute Gasteiger partial charge is 3.00 e. The minimum Gasteiger partial charge on any atom is -0.550 e. The second-order valence-electron chi connectivity index (χ2n) is 20.1. The number of fused-ring (bicyclic) bond motifs is 3. The van der Waals surface area contributed by atoms with Crippen molar-refractivity contribution in [1.82, 2.24) is 75.8 Å². The molecule has 39 nitrogen and oxygen atoms in total. The van der Waals surface area contributed by atoms with Crippen molar-refractivity contribution >= 4 is 122 Å². The number of anilines is 6. The molecule has 3 aromatic carbocycles. The van der Waals surface area contributed by atoms with Crippen molar-refractivity contribution in [3.8, 4) is 0 Å². The van der Waals surface area contributed by atoms with Crippen LogP contribution >= 0.6 is 0 Å². The Morgan fingerprint density at radius 1 is 0.402 bits per heavy atom. The number of hydrogen-bond acceptors (Lipinski definition) is 30. The number of aliphatic carboxylic acids is 6. The Labute approximate surface area is 552 Å². The quantitative estimate of drug-likeness (QED) is 0.0217. The number of carbonyl (C=O) groups is 9. The summed E-state index contributed by atoms with van der Waals surface area (Å²) < 4.78 is 0. The Bertz CT molecular complexity index is 4140. The normalized spacial score (nSPS) is 11.5. The van der Waals surface area contributed by atoms with Crippen molar-refractivity contribution in [2.45, 2.75) is 76.3 Å². The fourth-order valence-corrected chi connectivity index (χ4v) is 8.25. The van der Waals surface area contributed by atoms with Gasteiger partial charge in [0, 0.05) is 51.7 Å². The number of nitrogens with zero attached hydrogens (tertiary/aromatic N) is 9. The molecule has 0 fully saturated rings. The Morgan fingerprint density at radius 3 is 0.856 bits per heavy atom. The second kappa shape index (κ2) is 34.0. The fourth-order valence-electron chi connectivity index (χ4n) is 8.25. The van der Waals surface area contributed by atoms with E-state index in [1.165, 1.54) is 55.0 Å². The maximum Gasteiger partial charge on any atom is 3.00 e. The number of carboxylic acid groups (broad SMARTS) is 6. The van der Waals surface area contributed by atoms with Gasteiger partial charge in [-0.25, -0.2) is 44.3 Å². The van der Waals surface area contributed by atoms with Crippen LogP contribution in [-0.2, 0) is 65.5 Å². The number of aromatic nitrogens is 12. The first kappa shape index (κ1) is 72.9. The van der Waals surface area contributed by atoms with Gasteiger partial charge in [0.05, 0.1) is 55.3 Å². The summed E-state index contributed by atoms with van der Waals surface area (Å²) in [4.78, 5) is 181. The van der Waals surface area contributed by atoms with Crippen LogP contribution < -0.4 is 81.1 Å². The first-order valence-corrected chi connectivity index (χ1v) is 27.9. The number of rotatable bonds is 27. The zero-order valence-electron chi connectivity index (χ0n) is 49.8. The van der Waals surface area contributed by atoms with E-state index in [0.717, 1.165) is 0 Å². The zero-order chi connectivity index (χ0) is 69.8. The minimum atomic E-state index is -1.40. The van der Waals surface area contributed by atoms with Crippen LogP contribution in [0.15, 0.2) is 106 Å². The molecule has 3 amide bonds. The zero-order valence-corrected chi connectivity index (χ0v) is 50.9. The van der Waals surface area contributed by atoms with Gasteiger partial charge < -0.3 is 94.1 Å². The molecule has 9 rings (SSSR count). The number of nitrogen functional groups attached to an aromatic ring is 3. The van der Waals surface area contributed by atoms with Crippen molar-refractivity contribution in [1.29, 1.82) is 0 Å². The van der Waals surface area contributed by atoms with E-state index in [9.17, 15) is 72.9 Å². The number of carboxylic acids is 6. The molecule has 0 bridgehead atoms. The van der Waals surface area contributed by atoms with Crippen LogP contribution in [0.25, 0.3) is 33.5 Å². The van der Waals surface area contributed by atoms with Crippen LogP contribution in [0.2, 0.25) is 0 Å². The molecule has 503 valence electrons. The number of nitrogens with one attached hydrogen (secondary N) is 9. The summed E-state index contributed by atoms with van der Waals surface area (Å²) in [5, 5.41) is 74.9. The maximum atomic E-state index is 12.3. The number of nitrogens with two attached hydrogens (primary N) is 3. The number of carbonyl (C=O) groups excluding carboxylic acids is 6. The van der Waals surface area contributed by atoms with E-state index in [2.05, 4.69) is 91.7 Å². The third kappa shape index (κ3) is 21.7. The number of amides is 3. The van der Waals surface area contributed by atoms with Gasteiger partial charge in [-0.15, -0.1) is 0 Å². The molecule has 40 heteroatoms. The standard InChI is InChI=1S/3C19H19N7O6.Fe/c3*20-19-25-15-14(17(30)26-19)23-11(8-22-15)7-21-10-3-1-9(2-4-10)16(29)24-12(18(31)32)5-6-13(27)28;/h3*1-4,8,12,21H,5-7H2,(H,24,29)(H,27,28)(H,31,32)(H3,20,22,25,26,30);/q;;;+3/p-3. The summed E-state index contributed by atoms with van der Waals surface area (Å²) in [5.41, 5.74) is 19.3. The van der Waals surface area contributed by atoms with Gasteiger partial charge in [-0.3, -0.25) is 43.7 Å². The van der Waals surface area contributed by atoms with Crippen LogP contribution in [0.1, 0.15) is 86.7 Å². The Hall–Kier alpha value is -13.1. The van der Waals surface area contributed by atoms with E-state index in [0.29, 0.717) is 34.1 Å². The predicted octanol–water partition coefficient (Wildman–Crippen LogP) is -4.14. The molecule has 0 aliphatic rings. The van der Waals surface area contributed by atoms with Crippen LogP contribution in [0.4, 0.5) is 34.9 Å². The predicted molar refractivity (Wildman–Crippen MR) is 328 cm³/mol. The van der Waals surface area contributed by atoms with Crippen LogP contribution in [-0.4, -0.2) is 147 Å². The van der Waals surface area contributed by atoms with Gasteiger partial charge in [-0.05, 0) is 111 Å². The van der Waals surface area contributed by atoms with Gasteiger partial charge in [-0.2, -0.15) is 15.0 Å². The van der Waals surface area contributed by atoms with Gasteiger partial charge in [0.25, 0.3) is 34.4 Å². The summed E-state index contributed by atoms with van der Waals surface area (Å²) in [6.45, 7) is 0.674. The van der Waals surface area contributed by atoms with Crippen LogP contribution in [0, 0.1) is 0 Å². The van der Waals surface area contributed by atoms with E-state index in [1.54, 1.807) is 36.4 Å². The fraction of sp³-hybridized carbons (Fsp3) is 0.211. The van der Waals surface area contributed by atoms with Crippen molar-refractivity contribution in [3.63, 3.8) is 0 Å². The molecule has 18 N–H and O–H groups in total. The molecule has 97 heavy (non-hydrogen) atoms. The molecule has 0 saturated heterocycles. The number of H-pyrrole nitrogens is 3. The van der Waals surface area contributed by atoms with Crippen molar-refractivity contribution < 1.29 is 90.9 Å². The van der Waals surface area contributed by atoms with Crippen molar-refractivity contribution in [3.05, 3.63) is 156 Å². The van der Waals surface area contributed by atoms with Gasteiger partial charge in [0.15, 0.2) is 33.5 Å².